The molecule has 3 heteroatoms. The van der Waals surface area contributed by atoms with Gasteiger partial charge in [0.2, 0.25) is 0 Å². The van der Waals surface area contributed by atoms with E-state index < -0.39 is 0 Å². The zero-order valence-corrected chi connectivity index (χ0v) is 13.3. The SMILES string of the molecule is CC(C)N1CN2c3cc4ccccc4cc3Oc3cccc1c32. The third-order valence-corrected chi connectivity index (χ3v) is 4.81. The van der Waals surface area contributed by atoms with Gasteiger partial charge in [-0.15, -0.1) is 0 Å². The first-order valence-electron chi connectivity index (χ1n) is 8.10. The largest absolute Gasteiger partial charge is 0.453 e. The Morgan fingerprint density at radius 2 is 1.65 bits per heavy atom. The van der Waals surface area contributed by atoms with Crippen LogP contribution in [0.25, 0.3) is 10.8 Å². The van der Waals surface area contributed by atoms with E-state index in [0.29, 0.717) is 6.04 Å². The lowest BCUT2D eigenvalue weighted by Crippen LogP contribution is -2.33. The minimum Gasteiger partial charge on any atom is -0.453 e. The van der Waals surface area contributed by atoms with E-state index in [1.807, 2.05) is 0 Å². The molecule has 23 heavy (non-hydrogen) atoms. The number of anilines is 3. The van der Waals surface area contributed by atoms with Gasteiger partial charge in [0.1, 0.15) is 5.69 Å². The van der Waals surface area contributed by atoms with E-state index in [-0.39, 0.29) is 0 Å². The molecule has 2 aliphatic heterocycles. The van der Waals surface area contributed by atoms with Gasteiger partial charge in [0.25, 0.3) is 0 Å². The van der Waals surface area contributed by atoms with E-state index in [2.05, 4.69) is 78.2 Å². The molecule has 0 spiro atoms. The lowest BCUT2D eigenvalue weighted by molar-refractivity contribution is 0.476. The molecule has 0 fully saturated rings. The van der Waals surface area contributed by atoms with E-state index in [1.54, 1.807) is 0 Å². The quantitative estimate of drug-likeness (QED) is 0.609. The fraction of sp³-hybridized carbons (Fsp3) is 0.200. The molecule has 3 nitrogen and oxygen atoms in total. The topological polar surface area (TPSA) is 15.7 Å². The first-order chi connectivity index (χ1) is 11.2. The van der Waals surface area contributed by atoms with Gasteiger partial charge in [-0.05, 0) is 48.9 Å². The Balaban J connectivity index is 1.75. The Morgan fingerprint density at radius 3 is 2.43 bits per heavy atom. The fourth-order valence-corrected chi connectivity index (χ4v) is 3.65. The van der Waals surface area contributed by atoms with E-state index in [0.717, 1.165) is 23.9 Å². The highest BCUT2D eigenvalue weighted by Gasteiger charge is 2.36. The Bertz CT molecular complexity index is 932. The van der Waals surface area contributed by atoms with Crippen molar-refractivity contribution in [2.75, 3.05) is 16.5 Å². The van der Waals surface area contributed by atoms with Crippen molar-refractivity contribution in [1.29, 1.82) is 0 Å². The third-order valence-electron chi connectivity index (χ3n) is 4.81. The first-order valence-corrected chi connectivity index (χ1v) is 8.10. The molecule has 0 amide bonds. The van der Waals surface area contributed by atoms with Crippen LogP contribution in [-0.2, 0) is 0 Å². The average molecular weight is 302 g/mol. The van der Waals surface area contributed by atoms with Crippen LogP contribution in [0, 0.1) is 0 Å². The van der Waals surface area contributed by atoms with Crippen molar-refractivity contribution in [2.45, 2.75) is 19.9 Å². The second-order valence-corrected chi connectivity index (χ2v) is 6.53. The molecule has 0 radical (unpaired) electrons. The zero-order chi connectivity index (χ0) is 15.6. The maximum absolute atomic E-state index is 6.24. The Kier molecular flexibility index (Phi) is 2.46. The number of para-hydroxylation sites is 1. The molecule has 0 aromatic heterocycles. The summed E-state index contributed by atoms with van der Waals surface area (Å²) in [5.41, 5.74) is 3.62. The Hall–Kier alpha value is -2.68. The van der Waals surface area contributed by atoms with Gasteiger partial charge in [-0.2, -0.15) is 0 Å². The van der Waals surface area contributed by atoms with Crippen LogP contribution >= 0.6 is 0 Å². The van der Waals surface area contributed by atoms with Gasteiger partial charge in [0, 0.05) is 6.04 Å². The highest BCUT2D eigenvalue weighted by atomic mass is 16.5. The molecule has 3 aromatic carbocycles. The van der Waals surface area contributed by atoms with Crippen LogP contribution in [0.1, 0.15) is 13.8 Å². The van der Waals surface area contributed by atoms with Gasteiger partial charge in [-0.25, -0.2) is 0 Å². The molecule has 0 aliphatic carbocycles. The molecule has 0 saturated heterocycles. The predicted octanol–water partition coefficient (Wildman–Crippen LogP) is 5.27. The van der Waals surface area contributed by atoms with Crippen LogP contribution in [0.15, 0.2) is 54.6 Å². The number of fused-ring (bicyclic) bond motifs is 3. The van der Waals surface area contributed by atoms with Crippen molar-refractivity contribution in [2.24, 2.45) is 0 Å². The van der Waals surface area contributed by atoms with E-state index in [9.17, 15) is 0 Å². The summed E-state index contributed by atoms with van der Waals surface area (Å²) in [7, 11) is 0. The zero-order valence-electron chi connectivity index (χ0n) is 13.3. The monoisotopic (exact) mass is 302 g/mol. The normalized spacial score (nSPS) is 14.9. The van der Waals surface area contributed by atoms with Crippen LogP contribution in [0.5, 0.6) is 11.5 Å². The Morgan fingerprint density at radius 1 is 0.870 bits per heavy atom. The summed E-state index contributed by atoms with van der Waals surface area (Å²) in [6.45, 7) is 5.35. The Labute approximate surface area is 135 Å². The molecular formula is C20H18N2O. The van der Waals surface area contributed by atoms with Gasteiger partial charge in [0.15, 0.2) is 11.5 Å². The van der Waals surface area contributed by atoms with Crippen LogP contribution in [0.2, 0.25) is 0 Å². The third kappa shape index (κ3) is 1.70. The number of nitrogens with zero attached hydrogens (tertiary/aromatic N) is 2. The standard InChI is InChI=1S/C20H18N2O/c1-13(2)21-12-22-17-10-14-6-3-4-7-15(14)11-19(17)23-18-9-5-8-16(21)20(18)22/h3-11,13H,12H2,1-2H3. The second-order valence-electron chi connectivity index (χ2n) is 6.53. The average Bonchev–Trinajstić information content (AvgIpc) is 2.95. The first kappa shape index (κ1) is 12.8. The summed E-state index contributed by atoms with van der Waals surface area (Å²) in [6.07, 6.45) is 0. The highest BCUT2D eigenvalue weighted by molar-refractivity contribution is 5.96. The van der Waals surface area contributed by atoms with Crippen LogP contribution < -0.4 is 14.5 Å². The van der Waals surface area contributed by atoms with E-state index in [4.69, 9.17) is 4.74 Å². The number of ether oxygens (including phenoxy) is 1. The lowest BCUT2D eigenvalue weighted by atomic mass is 10.1. The molecule has 0 bridgehead atoms. The molecule has 2 heterocycles. The molecule has 0 unspecified atom stereocenters. The van der Waals surface area contributed by atoms with Crippen molar-refractivity contribution >= 4 is 27.8 Å². The number of benzene rings is 3. The smallest absolute Gasteiger partial charge is 0.153 e. The summed E-state index contributed by atoms with van der Waals surface area (Å²) in [5, 5.41) is 2.46. The van der Waals surface area contributed by atoms with Crippen molar-refractivity contribution in [3.63, 3.8) is 0 Å². The molecule has 2 aliphatic rings. The van der Waals surface area contributed by atoms with Crippen LogP contribution in [0.3, 0.4) is 0 Å². The molecule has 3 aromatic rings. The molecular weight excluding hydrogens is 284 g/mol. The van der Waals surface area contributed by atoms with Crippen molar-refractivity contribution in [3.05, 3.63) is 54.6 Å². The summed E-state index contributed by atoms with van der Waals surface area (Å²) in [6, 6.07) is 19.6. The number of rotatable bonds is 1. The maximum atomic E-state index is 6.24. The van der Waals surface area contributed by atoms with Gasteiger partial charge in [0.05, 0.1) is 18.0 Å². The summed E-state index contributed by atoms with van der Waals surface area (Å²) in [5.74, 6) is 1.90. The van der Waals surface area contributed by atoms with Gasteiger partial charge in [-0.1, -0.05) is 30.3 Å². The number of hydrogen-bond donors (Lipinski definition) is 0. The predicted molar refractivity (Wildman–Crippen MR) is 95.1 cm³/mol. The molecule has 0 N–H and O–H groups in total. The van der Waals surface area contributed by atoms with Gasteiger partial charge >= 0.3 is 0 Å². The molecule has 0 saturated carbocycles. The van der Waals surface area contributed by atoms with E-state index >= 15 is 0 Å². The van der Waals surface area contributed by atoms with Gasteiger partial charge in [-0.3, -0.25) is 0 Å². The molecule has 0 atom stereocenters. The summed E-state index contributed by atoms with van der Waals surface area (Å²) >= 11 is 0. The van der Waals surface area contributed by atoms with Crippen LogP contribution in [0.4, 0.5) is 17.1 Å². The van der Waals surface area contributed by atoms with Crippen molar-refractivity contribution < 1.29 is 4.74 Å². The minimum absolute atomic E-state index is 0.455. The summed E-state index contributed by atoms with van der Waals surface area (Å²) < 4.78 is 6.24. The highest BCUT2D eigenvalue weighted by Crippen LogP contribution is 2.55. The minimum atomic E-state index is 0.455. The summed E-state index contributed by atoms with van der Waals surface area (Å²) in [4.78, 5) is 4.81. The number of hydrogen-bond acceptors (Lipinski definition) is 3. The second kappa shape index (κ2) is 4.42. The molecule has 5 rings (SSSR count). The van der Waals surface area contributed by atoms with Crippen molar-refractivity contribution in [1.82, 2.24) is 0 Å². The maximum Gasteiger partial charge on any atom is 0.153 e. The van der Waals surface area contributed by atoms with Gasteiger partial charge < -0.3 is 14.5 Å². The van der Waals surface area contributed by atoms with E-state index in [1.165, 1.54) is 22.1 Å². The molecule has 114 valence electrons. The van der Waals surface area contributed by atoms with Crippen molar-refractivity contribution in [3.8, 4) is 11.5 Å². The fourth-order valence-electron chi connectivity index (χ4n) is 3.65. The lowest BCUT2D eigenvalue weighted by Gasteiger charge is -2.29. The van der Waals surface area contributed by atoms with Crippen LogP contribution in [-0.4, -0.2) is 12.7 Å².